The van der Waals surface area contributed by atoms with E-state index in [0.717, 1.165) is 37.8 Å². The fourth-order valence-electron chi connectivity index (χ4n) is 4.68. The molecule has 1 heterocycles. The minimum Gasteiger partial charge on any atom is -0.370 e. The lowest BCUT2D eigenvalue weighted by atomic mass is 9.96. The Morgan fingerprint density at radius 1 is 1.15 bits per heavy atom. The lowest BCUT2D eigenvalue weighted by Crippen LogP contribution is -2.49. The third kappa shape index (κ3) is 8.67. The van der Waals surface area contributed by atoms with E-state index in [9.17, 15) is 13.2 Å². The average Bonchev–Trinajstić information content (AvgIpc) is 3.63. The summed E-state index contributed by atoms with van der Waals surface area (Å²) >= 11 is 0. The van der Waals surface area contributed by atoms with Gasteiger partial charge in [-0.25, -0.2) is 13.4 Å². The van der Waals surface area contributed by atoms with E-state index in [1.165, 1.54) is 4.31 Å². The molecule has 4 N–H and O–H groups in total. The van der Waals surface area contributed by atoms with E-state index in [4.69, 9.17) is 5.73 Å². The zero-order valence-corrected chi connectivity index (χ0v) is 25.0. The van der Waals surface area contributed by atoms with Crippen molar-refractivity contribution in [1.29, 1.82) is 0 Å². The third-order valence-corrected chi connectivity index (χ3v) is 9.68. The van der Waals surface area contributed by atoms with Crippen LogP contribution in [0.3, 0.4) is 0 Å². The van der Waals surface area contributed by atoms with E-state index in [2.05, 4.69) is 29.5 Å². The molecule has 0 radical (unpaired) electrons. The Hall–Kier alpha value is -2.65. The highest BCUT2D eigenvalue weighted by atomic mass is 32.2. The van der Waals surface area contributed by atoms with Gasteiger partial charge >= 0.3 is 0 Å². The number of nitrogens with zero attached hydrogens (tertiary/aromatic N) is 2. The number of rotatable bonds is 16. The standard InChI is InChI=1S/C30H47N5O3S/c1-6-8-14-26(31)27(17-23-12-10-9-11-13-23)33-30(36)24-18-28(32-20-25-16-22(25)5)34-29(19-24)35(15-7-2)39(37,38)21(3)4/h9-13,18-19,21-22,25-27H,6-8,14-17,20,31H2,1-5H3,(H,32,34)(H,33,36)/t22?,25?,26?,27-/m0/s1. The molecule has 0 saturated heterocycles. The van der Waals surface area contributed by atoms with Crippen LogP contribution in [0.25, 0.3) is 0 Å². The molecule has 3 rings (SSSR count). The summed E-state index contributed by atoms with van der Waals surface area (Å²) in [5.41, 5.74) is 8.06. The molecule has 0 bridgehead atoms. The predicted octanol–water partition coefficient (Wildman–Crippen LogP) is 4.96. The number of amides is 1. The van der Waals surface area contributed by atoms with Crippen LogP contribution in [0.1, 0.15) is 82.6 Å². The van der Waals surface area contributed by atoms with Crippen LogP contribution in [0, 0.1) is 11.8 Å². The first-order valence-corrected chi connectivity index (χ1v) is 15.9. The number of benzene rings is 1. The molecule has 1 fully saturated rings. The zero-order valence-electron chi connectivity index (χ0n) is 24.2. The molecule has 2 aromatic rings. The first kappa shape index (κ1) is 30.9. The minimum atomic E-state index is -3.64. The van der Waals surface area contributed by atoms with Gasteiger partial charge in [-0.1, -0.05) is 63.9 Å². The third-order valence-electron chi connectivity index (χ3n) is 7.50. The van der Waals surface area contributed by atoms with Gasteiger partial charge in [-0.15, -0.1) is 0 Å². The van der Waals surface area contributed by atoms with Crippen molar-refractivity contribution in [3.8, 4) is 0 Å². The van der Waals surface area contributed by atoms with Crippen LogP contribution in [0.15, 0.2) is 42.5 Å². The maximum atomic E-state index is 13.7. The van der Waals surface area contributed by atoms with Crippen LogP contribution in [-0.4, -0.2) is 49.7 Å². The second-order valence-electron chi connectivity index (χ2n) is 11.2. The number of nitrogens with two attached hydrogens (primary N) is 1. The summed E-state index contributed by atoms with van der Waals surface area (Å²) < 4.78 is 27.8. The van der Waals surface area contributed by atoms with Crippen LogP contribution in [-0.2, 0) is 16.4 Å². The molecule has 9 heteroatoms. The van der Waals surface area contributed by atoms with Gasteiger partial charge in [-0.05, 0) is 69.1 Å². The molecule has 1 aliphatic rings. The van der Waals surface area contributed by atoms with Crippen molar-refractivity contribution in [1.82, 2.24) is 10.3 Å². The van der Waals surface area contributed by atoms with E-state index in [0.29, 0.717) is 36.1 Å². The summed E-state index contributed by atoms with van der Waals surface area (Å²) in [6, 6.07) is 12.8. The maximum absolute atomic E-state index is 13.7. The van der Waals surface area contributed by atoms with Crippen LogP contribution < -0.4 is 20.7 Å². The summed E-state index contributed by atoms with van der Waals surface area (Å²) in [4.78, 5) is 18.4. The number of hydrogen-bond acceptors (Lipinski definition) is 6. The lowest BCUT2D eigenvalue weighted by molar-refractivity contribution is 0.0929. The Morgan fingerprint density at radius 2 is 1.85 bits per heavy atom. The molecule has 0 spiro atoms. The monoisotopic (exact) mass is 557 g/mol. The van der Waals surface area contributed by atoms with Crippen molar-refractivity contribution in [3.05, 3.63) is 53.6 Å². The van der Waals surface area contributed by atoms with Gasteiger partial charge in [0.2, 0.25) is 10.0 Å². The van der Waals surface area contributed by atoms with Crippen molar-refractivity contribution in [3.63, 3.8) is 0 Å². The number of hydrogen-bond donors (Lipinski definition) is 3. The summed E-state index contributed by atoms with van der Waals surface area (Å²) in [5.74, 6) is 1.70. The summed E-state index contributed by atoms with van der Waals surface area (Å²) in [6.07, 6.45) is 5.20. The molecule has 1 aromatic carbocycles. The van der Waals surface area contributed by atoms with Gasteiger partial charge in [-0.2, -0.15) is 0 Å². The fraction of sp³-hybridized carbons (Fsp3) is 0.600. The smallest absolute Gasteiger partial charge is 0.251 e. The average molecular weight is 558 g/mol. The zero-order chi connectivity index (χ0) is 28.6. The molecule has 4 atom stereocenters. The second-order valence-corrected chi connectivity index (χ2v) is 13.6. The van der Waals surface area contributed by atoms with E-state index < -0.39 is 15.3 Å². The normalized spacial score (nSPS) is 18.4. The molecule has 0 aliphatic heterocycles. The quantitative estimate of drug-likeness (QED) is 0.268. The number of carbonyl (C=O) groups is 1. The number of unbranched alkanes of at least 4 members (excludes halogenated alkanes) is 1. The SMILES string of the molecule is CCCCC(N)[C@H](Cc1ccccc1)NC(=O)c1cc(NCC2CC2C)nc(N(CCC)S(=O)(=O)C(C)C)c1. The van der Waals surface area contributed by atoms with Crippen molar-refractivity contribution in [2.75, 3.05) is 22.7 Å². The number of anilines is 2. The minimum absolute atomic E-state index is 0.206. The van der Waals surface area contributed by atoms with E-state index in [1.54, 1.807) is 26.0 Å². The Morgan fingerprint density at radius 3 is 2.44 bits per heavy atom. The summed E-state index contributed by atoms with van der Waals surface area (Å²) in [6.45, 7) is 10.6. The Kier molecular flexibility index (Phi) is 11.2. The number of aromatic nitrogens is 1. The van der Waals surface area contributed by atoms with Crippen molar-refractivity contribution >= 4 is 27.6 Å². The van der Waals surface area contributed by atoms with Gasteiger partial charge in [0, 0.05) is 30.7 Å². The lowest BCUT2D eigenvalue weighted by Gasteiger charge is -2.27. The van der Waals surface area contributed by atoms with Gasteiger partial charge in [0.15, 0.2) is 0 Å². The van der Waals surface area contributed by atoms with Crippen LogP contribution in [0.2, 0.25) is 0 Å². The fourth-order valence-corrected chi connectivity index (χ4v) is 5.98. The van der Waals surface area contributed by atoms with Gasteiger partial charge in [0.05, 0.1) is 5.25 Å². The molecular formula is C30H47N5O3S. The highest BCUT2D eigenvalue weighted by molar-refractivity contribution is 7.93. The largest absolute Gasteiger partial charge is 0.370 e. The summed E-state index contributed by atoms with van der Waals surface area (Å²) in [5, 5.41) is 5.92. The number of sulfonamides is 1. The molecule has 1 aromatic heterocycles. The topological polar surface area (TPSA) is 117 Å². The number of pyridine rings is 1. The molecule has 8 nitrogen and oxygen atoms in total. The Labute approximate surface area is 235 Å². The Bertz CT molecular complexity index is 1170. The first-order valence-electron chi connectivity index (χ1n) is 14.4. The van der Waals surface area contributed by atoms with Crippen molar-refractivity contribution in [2.45, 2.75) is 90.5 Å². The second kappa shape index (κ2) is 14.1. The summed E-state index contributed by atoms with van der Waals surface area (Å²) in [7, 11) is -3.64. The number of nitrogens with one attached hydrogen (secondary N) is 2. The van der Waals surface area contributed by atoms with E-state index >= 15 is 0 Å². The molecule has 3 unspecified atom stereocenters. The van der Waals surface area contributed by atoms with E-state index in [1.807, 2.05) is 37.3 Å². The van der Waals surface area contributed by atoms with E-state index in [-0.39, 0.29) is 30.4 Å². The molecule has 39 heavy (non-hydrogen) atoms. The highest BCUT2D eigenvalue weighted by Crippen LogP contribution is 2.37. The van der Waals surface area contributed by atoms with Crippen molar-refractivity contribution < 1.29 is 13.2 Å². The van der Waals surface area contributed by atoms with Gasteiger partial charge < -0.3 is 16.4 Å². The molecule has 1 aliphatic carbocycles. The van der Waals surface area contributed by atoms with Crippen molar-refractivity contribution in [2.24, 2.45) is 17.6 Å². The van der Waals surface area contributed by atoms with Crippen LogP contribution in [0.5, 0.6) is 0 Å². The van der Waals surface area contributed by atoms with Gasteiger partial charge in [0.25, 0.3) is 5.91 Å². The predicted molar refractivity (Wildman–Crippen MR) is 161 cm³/mol. The van der Waals surface area contributed by atoms with Gasteiger partial charge in [-0.3, -0.25) is 9.10 Å². The van der Waals surface area contributed by atoms with Gasteiger partial charge in [0.1, 0.15) is 11.6 Å². The number of carbonyl (C=O) groups excluding carboxylic acids is 1. The molecule has 1 amide bonds. The van der Waals surface area contributed by atoms with Crippen LogP contribution in [0.4, 0.5) is 11.6 Å². The highest BCUT2D eigenvalue weighted by Gasteiger charge is 2.33. The first-order chi connectivity index (χ1) is 18.6. The Balaban J connectivity index is 1.94. The van der Waals surface area contributed by atoms with Crippen LogP contribution >= 0.6 is 0 Å². The molecule has 1 saturated carbocycles. The molecule has 216 valence electrons. The maximum Gasteiger partial charge on any atom is 0.251 e. The molecular weight excluding hydrogens is 510 g/mol.